The van der Waals surface area contributed by atoms with Crippen LogP contribution in [0.15, 0.2) is 18.2 Å². The van der Waals surface area contributed by atoms with Gasteiger partial charge in [0.05, 0.1) is 0 Å². The molecule has 1 aliphatic carbocycles. The first-order valence-corrected chi connectivity index (χ1v) is 5.38. The fourth-order valence-corrected chi connectivity index (χ4v) is 2.17. The van der Waals surface area contributed by atoms with E-state index in [0.717, 1.165) is 6.42 Å². The van der Waals surface area contributed by atoms with E-state index in [9.17, 15) is 0 Å². The van der Waals surface area contributed by atoms with E-state index in [1.165, 1.54) is 36.0 Å². The molecule has 76 valence electrons. The van der Waals surface area contributed by atoms with Crippen molar-refractivity contribution >= 4 is 0 Å². The van der Waals surface area contributed by atoms with Gasteiger partial charge in [0.1, 0.15) is 0 Å². The van der Waals surface area contributed by atoms with E-state index < -0.39 is 0 Å². The van der Waals surface area contributed by atoms with Crippen molar-refractivity contribution in [2.45, 2.75) is 31.7 Å². The summed E-state index contributed by atoms with van der Waals surface area (Å²) in [5.41, 5.74) is 15.8. The van der Waals surface area contributed by atoms with Crippen LogP contribution in [0.3, 0.4) is 0 Å². The Hall–Kier alpha value is -0.860. The van der Waals surface area contributed by atoms with Gasteiger partial charge in [-0.15, -0.1) is 0 Å². The Bertz CT molecular complexity index is 320. The Morgan fingerprint density at radius 1 is 1.21 bits per heavy atom. The van der Waals surface area contributed by atoms with Crippen molar-refractivity contribution in [2.24, 2.45) is 11.5 Å². The standard InChI is InChI=1S/C12H18N2/c13-7-6-12(14)11-5-4-9-2-1-3-10(9)8-11/h4-5,8,12H,1-3,6-7,13-14H2. The van der Waals surface area contributed by atoms with Crippen molar-refractivity contribution in [1.29, 1.82) is 0 Å². The van der Waals surface area contributed by atoms with Gasteiger partial charge in [0, 0.05) is 6.04 Å². The third-order valence-corrected chi connectivity index (χ3v) is 3.03. The molecular formula is C12H18N2. The molecule has 0 aliphatic heterocycles. The van der Waals surface area contributed by atoms with Gasteiger partial charge in [-0.05, 0) is 48.9 Å². The minimum absolute atomic E-state index is 0.117. The molecule has 0 spiro atoms. The highest BCUT2D eigenvalue weighted by Gasteiger charge is 2.12. The van der Waals surface area contributed by atoms with Crippen LogP contribution in [-0.2, 0) is 12.8 Å². The van der Waals surface area contributed by atoms with Gasteiger partial charge < -0.3 is 11.5 Å². The number of hydrogen-bond acceptors (Lipinski definition) is 2. The number of benzene rings is 1. The highest BCUT2D eigenvalue weighted by atomic mass is 14.7. The number of aryl methyl sites for hydroxylation is 2. The van der Waals surface area contributed by atoms with Crippen molar-refractivity contribution in [3.8, 4) is 0 Å². The van der Waals surface area contributed by atoms with Gasteiger partial charge in [-0.25, -0.2) is 0 Å². The molecule has 0 amide bonds. The molecule has 0 heterocycles. The first kappa shape index (κ1) is 9.69. The second-order valence-electron chi connectivity index (χ2n) is 4.07. The summed E-state index contributed by atoms with van der Waals surface area (Å²) in [6.45, 7) is 0.665. The zero-order valence-corrected chi connectivity index (χ0v) is 8.50. The van der Waals surface area contributed by atoms with Crippen LogP contribution in [0.4, 0.5) is 0 Å². The molecule has 0 saturated carbocycles. The molecule has 1 unspecified atom stereocenters. The van der Waals surface area contributed by atoms with E-state index in [-0.39, 0.29) is 6.04 Å². The minimum Gasteiger partial charge on any atom is -0.330 e. The van der Waals surface area contributed by atoms with E-state index >= 15 is 0 Å². The smallest absolute Gasteiger partial charge is 0.0307 e. The van der Waals surface area contributed by atoms with Crippen LogP contribution >= 0.6 is 0 Å². The summed E-state index contributed by atoms with van der Waals surface area (Å²) in [4.78, 5) is 0. The van der Waals surface area contributed by atoms with E-state index in [1.54, 1.807) is 0 Å². The normalized spacial score (nSPS) is 16.7. The van der Waals surface area contributed by atoms with Crippen LogP contribution in [0, 0.1) is 0 Å². The van der Waals surface area contributed by atoms with Gasteiger partial charge >= 0.3 is 0 Å². The first-order valence-electron chi connectivity index (χ1n) is 5.38. The largest absolute Gasteiger partial charge is 0.330 e. The van der Waals surface area contributed by atoms with Crippen LogP contribution < -0.4 is 11.5 Å². The molecule has 2 nitrogen and oxygen atoms in total. The molecule has 2 rings (SSSR count). The lowest BCUT2D eigenvalue weighted by Gasteiger charge is -2.12. The van der Waals surface area contributed by atoms with Gasteiger partial charge in [0.15, 0.2) is 0 Å². The average molecular weight is 190 g/mol. The quantitative estimate of drug-likeness (QED) is 0.759. The van der Waals surface area contributed by atoms with Crippen LogP contribution in [0.2, 0.25) is 0 Å². The maximum atomic E-state index is 6.02. The van der Waals surface area contributed by atoms with Crippen LogP contribution in [0.1, 0.15) is 35.6 Å². The predicted octanol–water partition coefficient (Wildman–Crippen LogP) is 1.52. The Morgan fingerprint density at radius 2 is 2.00 bits per heavy atom. The molecule has 1 aliphatic rings. The summed E-state index contributed by atoms with van der Waals surface area (Å²) < 4.78 is 0. The predicted molar refractivity (Wildman–Crippen MR) is 59.1 cm³/mol. The van der Waals surface area contributed by atoms with Crippen LogP contribution in [0.5, 0.6) is 0 Å². The van der Waals surface area contributed by atoms with Crippen molar-refractivity contribution in [1.82, 2.24) is 0 Å². The number of rotatable bonds is 3. The molecule has 14 heavy (non-hydrogen) atoms. The zero-order chi connectivity index (χ0) is 9.97. The Morgan fingerprint density at radius 3 is 2.79 bits per heavy atom. The summed E-state index contributed by atoms with van der Waals surface area (Å²) in [7, 11) is 0. The van der Waals surface area contributed by atoms with Crippen molar-refractivity contribution in [2.75, 3.05) is 6.54 Å². The zero-order valence-electron chi connectivity index (χ0n) is 8.50. The van der Waals surface area contributed by atoms with E-state index in [1.807, 2.05) is 0 Å². The maximum Gasteiger partial charge on any atom is 0.0307 e. The molecule has 0 bridgehead atoms. The molecule has 0 radical (unpaired) electrons. The monoisotopic (exact) mass is 190 g/mol. The molecule has 1 aromatic carbocycles. The molecule has 2 heteroatoms. The van der Waals surface area contributed by atoms with Gasteiger partial charge in [-0.1, -0.05) is 18.2 Å². The Labute approximate surface area is 85.3 Å². The first-order chi connectivity index (χ1) is 6.81. The third-order valence-electron chi connectivity index (χ3n) is 3.03. The minimum atomic E-state index is 0.117. The molecule has 0 fully saturated rings. The topological polar surface area (TPSA) is 52.0 Å². The molecular weight excluding hydrogens is 172 g/mol. The lowest BCUT2D eigenvalue weighted by atomic mass is 10.00. The van der Waals surface area contributed by atoms with Gasteiger partial charge in [0.2, 0.25) is 0 Å². The highest BCUT2D eigenvalue weighted by Crippen LogP contribution is 2.25. The van der Waals surface area contributed by atoms with Crippen molar-refractivity contribution in [3.05, 3.63) is 34.9 Å². The summed E-state index contributed by atoms with van der Waals surface area (Å²) in [6, 6.07) is 6.77. The Balaban J connectivity index is 2.19. The second kappa shape index (κ2) is 4.11. The van der Waals surface area contributed by atoms with E-state index in [4.69, 9.17) is 11.5 Å². The number of hydrogen-bond donors (Lipinski definition) is 2. The summed E-state index contributed by atoms with van der Waals surface area (Å²) in [6.07, 6.45) is 4.63. The van der Waals surface area contributed by atoms with Crippen LogP contribution in [-0.4, -0.2) is 6.54 Å². The van der Waals surface area contributed by atoms with Crippen molar-refractivity contribution < 1.29 is 0 Å². The SMILES string of the molecule is NCCC(N)c1ccc2c(c1)CCC2. The molecule has 1 aromatic rings. The molecule has 4 N–H and O–H groups in total. The lowest BCUT2D eigenvalue weighted by molar-refractivity contribution is 0.660. The molecule has 0 aromatic heterocycles. The average Bonchev–Trinajstić information content (AvgIpc) is 2.64. The maximum absolute atomic E-state index is 6.02. The van der Waals surface area contributed by atoms with Crippen LogP contribution in [0.25, 0.3) is 0 Å². The number of nitrogens with two attached hydrogens (primary N) is 2. The summed E-state index contributed by atoms with van der Waals surface area (Å²) in [5.74, 6) is 0. The second-order valence-corrected chi connectivity index (χ2v) is 4.07. The van der Waals surface area contributed by atoms with Gasteiger partial charge in [-0.3, -0.25) is 0 Å². The van der Waals surface area contributed by atoms with Crippen molar-refractivity contribution in [3.63, 3.8) is 0 Å². The number of fused-ring (bicyclic) bond motifs is 1. The van der Waals surface area contributed by atoms with Gasteiger partial charge in [-0.2, -0.15) is 0 Å². The Kier molecular flexibility index (Phi) is 2.85. The summed E-state index contributed by atoms with van der Waals surface area (Å²) in [5, 5.41) is 0. The van der Waals surface area contributed by atoms with Gasteiger partial charge in [0.25, 0.3) is 0 Å². The van der Waals surface area contributed by atoms with E-state index in [0.29, 0.717) is 6.54 Å². The lowest BCUT2D eigenvalue weighted by Crippen LogP contribution is -2.15. The highest BCUT2D eigenvalue weighted by molar-refractivity contribution is 5.36. The third kappa shape index (κ3) is 1.81. The molecule has 1 atom stereocenters. The fourth-order valence-electron chi connectivity index (χ4n) is 2.17. The van der Waals surface area contributed by atoms with E-state index in [2.05, 4.69) is 18.2 Å². The fraction of sp³-hybridized carbons (Fsp3) is 0.500. The summed E-state index contributed by atoms with van der Waals surface area (Å²) >= 11 is 0. The molecule has 0 saturated heterocycles.